The van der Waals surface area contributed by atoms with E-state index in [4.69, 9.17) is 4.52 Å². The zero-order valence-electron chi connectivity index (χ0n) is 17.2. The Hall–Kier alpha value is -3.33. The third kappa shape index (κ3) is 4.13. The van der Waals surface area contributed by atoms with Crippen molar-refractivity contribution in [2.24, 2.45) is 5.92 Å². The average Bonchev–Trinajstić information content (AvgIpc) is 3.38. The summed E-state index contributed by atoms with van der Waals surface area (Å²) in [5.74, 6) is 1.40. The lowest BCUT2D eigenvalue weighted by Gasteiger charge is -2.29. The van der Waals surface area contributed by atoms with Gasteiger partial charge in [0, 0.05) is 24.5 Å². The van der Waals surface area contributed by atoms with Crippen LogP contribution in [0, 0.1) is 11.7 Å². The SMILES string of the molecule is CC1CCCN(Cc2nc(Cn3ccn4nc(-c5ccc(F)cc5)cc4c3=O)no2)C1. The lowest BCUT2D eigenvalue weighted by Crippen LogP contribution is -2.33. The molecule has 4 aromatic rings. The standard InChI is InChI=1S/C22H23FN6O2/c1-15-3-2-8-27(12-15)14-21-24-20(26-31-21)13-28-9-10-29-19(22(28)30)11-18(25-29)16-4-6-17(23)7-5-16/h4-7,9-11,15H,2-3,8,12-14H2,1H3. The summed E-state index contributed by atoms with van der Waals surface area (Å²) >= 11 is 0. The molecular formula is C22H23FN6O2. The minimum Gasteiger partial charge on any atom is -0.338 e. The summed E-state index contributed by atoms with van der Waals surface area (Å²) in [6.07, 6.45) is 5.80. The first-order chi connectivity index (χ1) is 15.0. The molecule has 160 valence electrons. The highest BCUT2D eigenvalue weighted by Crippen LogP contribution is 2.19. The fraction of sp³-hybridized carbons (Fsp3) is 0.364. The summed E-state index contributed by atoms with van der Waals surface area (Å²) in [6.45, 7) is 5.17. The average molecular weight is 422 g/mol. The number of rotatable bonds is 5. The molecule has 3 aromatic heterocycles. The Bertz CT molecular complexity index is 1260. The molecule has 0 spiro atoms. The van der Waals surface area contributed by atoms with E-state index in [1.165, 1.54) is 34.1 Å². The minimum absolute atomic E-state index is 0.209. The van der Waals surface area contributed by atoms with Crippen LogP contribution in [0.1, 0.15) is 31.5 Å². The van der Waals surface area contributed by atoms with E-state index < -0.39 is 0 Å². The highest BCUT2D eigenvalue weighted by atomic mass is 19.1. The van der Waals surface area contributed by atoms with Gasteiger partial charge in [0.1, 0.15) is 11.3 Å². The Balaban J connectivity index is 1.35. The number of fused-ring (bicyclic) bond motifs is 1. The Morgan fingerprint density at radius 2 is 2.03 bits per heavy atom. The second kappa shape index (κ2) is 8.07. The van der Waals surface area contributed by atoms with Crippen molar-refractivity contribution >= 4 is 5.52 Å². The van der Waals surface area contributed by atoms with Crippen LogP contribution < -0.4 is 5.56 Å². The normalized spacial score (nSPS) is 17.4. The van der Waals surface area contributed by atoms with Crippen LogP contribution in [0.2, 0.25) is 0 Å². The maximum absolute atomic E-state index is 13.2. The van der Waals surface area contributed by atoms with E-state index in [1.807, 2.05) is 0 Å². The van der Waals surface area contributed by atoms with Gasteiger partial charge in [-0.25, -0.2) is 8.91 Å². The number of nitrogens with zero attached hydrogens (tertiary/aromatic N) is 6. The van der Waals surface area contributed by atoms with Crippen molar-refractivity contribution in [3.8, 4) is 11.3 Å². The van der Waals surface area contributed by atoms with Gasteiger partial charge in [-0.3, -0.25) is 9.69 Å². The van der Waals surface area contributed by atoms with E-state index in [1.54, 1.807) is 30.6 Å². The Kier molecular flexibility index (Phi) is 5.11. The molecule has 5 rings (SSSR count). The molecule has 1 saturated heterocycles. The molecule has 0 aliphatic carbocycles. The van der Waals surface area contributed by atoms with Crippen molar-refractivity contribution in [1.82, 2.24) is 29.2 Å². The lowest BCUT2D eigenvalue weighted by atomic mass is 10.0. The summed E-state index contributed by atoms with van der Waals surface area (Å²) in [6, 6.07) is 7.72. The van der Waals surface area contributed by atoms with Gasteiger partial charge < -0.3 is 9.09 Å². The van der Waals surface area contributed by atoms with Gasteiger partial charge in [0.2, 0.25) is 5.89 Å². The number of hydrogen-bond acceptors (Lipinski definition) is 6. The van der Waals surface area contributed by atoms with Crippen LogP contribution in [0.5, 0.6) is 0 Å². The monoisotopic (exact) mass is 422 g/mol. The summed E-state index contributed by atoms with van der Waals surface area (Å²) in [4.78, 5) is 19.7. The zero-order valence-corrected chi connectivity index (χ0v) is 17.2. The topological polar surface area (TPSA) is 81.5 Å². The fourth-order valence-corrected chi connectivity index (χ4v) is 4.11. The zero-order chi connectivity index (χ0) is 21.4. The summed E-state index contributed by atoms with van der Waals surface area (Å²) in [5, 5.41) is 8.47. The number of aromatic nitrogens is 5. The van der Waals surface area contributed by atoms with Crippen LogP contribution in [0.15, 0.2) is 52.0 Å². The summed E-state index contributed by atoms with van der Waals surface area (Å²) < 4.78 is 21.6. The molecule has 0 radical (unpaired) electrons. The highest BCUT2D eigenvalue weighted by Gasteiger charge is 2.19. The number of piperidine rings is 1. The van der Waals surface area contributed by atoms with E-state index >= 15 is 0 Å². The van der Waals surface area contributed by atoms with Crippen LogP contribution in [0.4, 0.5) is 4.39 Å². The van der Waals surface area contributed by atoms with Crippen LogP contribution in [0.3, 0.4) is 0 Å². The third-order valence-corrected chi connectivity index (χ3v) is 5.67. The van der Waals surface area contributed by atoms with E-state index in [0.29, 0.717) is 35.4 Å². The Morgan fingerprint density at radius 3 is 2.84 bits per heavy atom. The molecule has 9 heteroatoms. The third-order valence-electron chi connectivity index (χ3n) is 5.67. The molecule has 1 fully saturated rings. The molecule has 0 bridgehead atoms. The van der Waals surface area contributed by atoms with E-state index in [9.17, 15) is 9.18 Å². The molecule has 0 amide bonds. The number of likely N-dealkylation sites (tertiary alicyclic amines) is 1. The molecule has 1 atom stereocenters. The van der Waals surface area contributed by atoms with Gasteiger partial charge in [0.25, 0.3) is 5.56 Å². The van der Waals surface area contributed by atoms with Crippen LogP contribution >= 0.6 is 0 Å². The number of hydrogen-bond donors (Lipinski definition) is 0. The predicted octanol–water partition coefficient (Wildman–Crippen LogP) is 2.97. The first kappa shape index (κ1) is 19.6. The number of halogens is 1. The molecule has 4 heterocycles. The van der Waals surface area contributed by atoms with Crippen molar-refractivity contribution in [2.45, 2.75) is 32.9 Å². The fourth-order valence-electron chi connectivity index (χ4n) is 4.11. The molecule has 8 nitrogen and oxygen atoms in total. The highest BCUT2D eigenvalue weighted by molar-refractivity contribution is 5.65. The van der Waals surface area contributed by atoms with Gasteiger partial charge in [-0.2, -0.15) is 10.1 Å². The van der Waals surface area contributed by atoms with Crippen molar-refractivity contribution in [2.75, 3.05) is 13.1 Å². The summed E-state index contributed by atoms with van der Waals surface area (Å²) in [5.41, 5.74) is 1.56. The first-order valence-corrected chi connectivity index (χ1v) is 10.4. The maximum atomic E-state index is 13.2. The van der Waals surface area contributed by atoms with E-state index in [-0.39, 0.29) is 17.9 Å². The van der Waals surface area contributed by atoms with Crippen LogP contribution in [-0.4, -0.2) is 42.3 Å². The van der Waals surface area contributed by atoms with Gasteiger partial charge in [-0.15, -0.1) is 0 Å². The summed E-state index contributed by atoms with van der Waals surface area (Å²) in [7, 11) is 0. The van der Waals surface area contributed by atoms with Gasteiger partial charge in [-0.1, -0.05) is 12.1 Å². The van der Waals surface area contributed by atoms with Crippen LogP contribution in [0.25, 0.3) is 16.8 Å². The smallest absolute Gasteiger partial charge is 0.277 e. The first-order valence-electron chi connectivity index (χ1n) is 10.4. The van der Waals surface area contributed by atoms with Gasteiger partial charge in [-0.05, 0) is 55.6 Å². The molecule has 1 aliphatic heterocycles. The molecule has 1 aliphatic rings. The lowest BCUT2D eigenvalue weighted by molar-refractivity contribution is 0.157. The van der Waals surface area contributed by atoms with Crippen molar-refractivity contribution in [3.05, 3.63) is 70.6 Å². The molecule has 1 unspecified atom stereocenters. The molecular weight excluding hydrogens is 399 g/mol. The van der Waals surface area contributed by atoms with Gasteiger partial charge >= 0.3 is 0 Å². The quantitative estimate of drug-likeness (QED) is 0.492. The van der Waals surface area contributed by atoms with Gasteiger partial charge in [0.05, 0.1) is 18.8 Å². The largest absolute Gasteiger partial charge is 0.338 e. The second-order valence-corrected chi connectivity index (χ2v) is 8.18. The molecule has 31 heavy (non-hydrogen) atoms. The van der Waals surface area contributed by atoms with E-state index in [2.05, 4.69) is 27.1 Å². The molecule has 0 N–H and O–H groups in total. The second-order valence-electron chi connectivity index (χ2n) is 8.18. The minimum atomic E-state index is -0.316. The van der Waals surface area contributed by atoms with Crippen molar-refractivity contribution in [3.63, 3.8) is 0 Å². The Labute approximate surface area is 177 Å². The molecule has 0 saturated carbocycles. The van der Waals surface area contributed by atoms with Crippen molar-refractivity contribution < 1.29 is 8.91 Å². The van der Waals surface area contributed by atoms with Gasteiger partial charge in [0.15, 0.2) is 5.82 Å². The predicted molar refractivity (Wildman–Crippen MR) is 112 cm³/mol. The molecule has 1 aromatic carbocycles. The Morgan fingerprint density at radius 1 is 1.19 bits per heavy atom. The van der Waals surface area contributed by atoms with Crippen molar-refractivity contribution in [1.29, 1.82) is 0 Å². The maximum Gasteiger partial charge on any atom is 0.277 e. The number of benzene rings is 1. The van der Waals surface area contributed by atoms with Crippen LogP contribution in [-0.2, 0) is 13.1 Å². The van der Waals surface area contributed by atoms with E-state index in [0.717, 1.165) is 18.7 Å².